The number of fused-ring (bicyclic) bond motifs is 1. The molecule has 0 aliphatic heterocycles. The molecule has 26 heavy (non-hydrogen) atoms. The molecule has 0 aromatic heterocycles. The van der Waals surface area contributed by atoms with Gasteiger partial charge in [-0.05, 0) is 36.4 Å². The van der Waals surface area contributed by atoms with Crippen LogP contribution in [-0.2, 0) is 10.9 Å². The van der Waals surface area contributed by atoms with Gasteiger partial charge < -0.3 is 11.1 Å². The third-order valence-electron chi connectivity index (χ3n) is 3.72. The Morgan fingerprint density at radius 3 is 2.31 bits per heavy atom. The number of nitrogens with one attached hydrogen (secondary N) is 2. The molecule has 3 rings (SSSR count). The third kappa shape index (κ3) is 4.35. The van der Waals surface area contributed by atoms with Crippen molar-refractivity contribution in [3.63, 3.8) is 0 Å². The first kappa shape index (κ1) is 17.8. The van der Waals surface area contributed by atoms with E-state index in [0.29, 0.717) is 24.5 Å². The zero-order valence-corrected chi connectivity index (χ0v) is 14.8. The van der Waals surface area contributed by atoms with E-state index >= 15 is 0 Å². The standard InChI is InChI=1S/C18H19N5O2S/c19-11-12-20-17-9-10-18(16-4-2-1-3-15(16)17)22-21-13-5-7-14(8-6-13)23-26(24)25/h1-10,20,26H,11-12,19H2,(H,23,24,25). The van der Waals surface area contributed by atoms with E-state index in [1.54, 1.807) is 24.3 Å². The van der Waals surface area contributed by atoms with E-state index in [9.17, 15) is 8.42 Å². The highest BCUT2D eigenvalue weighted by atomic mass is 32.2. The molecule has 0 aliphatic rings. The fourth-order valence-electron chi connectivity index (χ4n) is 2.55. The molecule has 0 aliphatic carbocycles. The molecule has 0 spiro atoms. The van der Waals surface area contributed by atoms with Crippen LogP contribution in [0.5, 0.6) is 0 Å². The van der Waals surface area contributed by atoms with Crippen LogP contribution in [0.1, 0.15) is 0 Å². The molecule has 4 N–H and O–H groups in total. The number of benzene rings is 3. The van der Waals surface area contributed by atoms with Crippen molar-refractivity contribution in [1.82, 2.24) is 0 Å². The van der Waals surface area contributed by atoms with Crippen molar-refractivity contribution in [2.75, 3.05) is 23.1 Å². The van der Waals surface area contributed by atoms with Crippen LogP contribution in [0.3, 0.4) is 0 Å². The summed E-state index contributed by atoms with van der Waals surface area (Å²) in [6.45, 7) is 1.25. The van der Waals surface area contributed by atoms with Crippen molar-refractivity contribution in [3.8, 4) is 0 Å². The van der Waals surface area contributed by atoms with Gasteiger partial charge in [-0.3, -0.25) is 4.72 Å². The summed E-state index contributed by atoms with van der Waals surface area (Å²) >= 11 is 0. The molecule has 0 unspecified atom stereocenters. The average Bonchev–Trinajstić information content (AvgIpc) is 2.66. The van der Waals surface area contributed by atoms with E-state index in [1.165, 1.54) is 0 Å². The average molecular weight is 369 g/mol. The van der Waals surface area contributed by atoms with Gasteiger partial charge in [-0.15, -0.1) is 5.11 Å². The third-order valence-corrected chi connectivity index (χ3v) is 4.16. The summed E-state index contributed by atoms with van der Waals surface area (Å²) in [6, 6.07) is 18.5. The maximum Gasteiger partial charge on any atom is 0.222 e. The number of thiol groups is 1. The molecule has 0 radical (unpaired) electrons. The van der Waals surface area contributed by atoms with Crippen molar-refractivity contribution in [2.24, 2.45) is 16.0 Å². The Kier molecular flexibility index (Phi) is 5.77. The lowest BCUT2D eigenvalue weighted by Gasteiger charge is -2.10. The minimum atomic E-state index is -2.68. The van der Waals surface area contributed by atoms with Gasteiger partial charge in [0.05, 0.1) is 11.4 Å². The van der Waals surface area contributed by atoms with Crippen LogP contribution in [0, 0.1) is 0 Å². The Bertz CT molecular complexity index is 992. The second-order valence-electron chi connectivity index (χ2n) is 5.51. The highest BCUT2D eigenvalue weighted by molar-refractivity contribution is 7.73. The summed E-state index contributed by atoms with van der Waals surface area (Å²) in [6.07, 6.45) is 0. The molecule has 0 fully saturated rings. The lowest BCUT2D eigenvalue weighted by atomic mass is 10.1. The van der Waals surface area contributed by atoms with Crippen LogP contribution in [0.2, 0.25) is 0 Å². The van der Waals surface area contributed by atoms with Gasteiger partial charge in [0.25, 0.3) is 0 Å². The highest BCUT2D eigenvalue weighted by Gasteiger charge is 2.05. The van der Waals surface area contributed by atoms with E-state index < -0.39 is 10.9 Å². The number of hydrogen-bond donors (Lipinski definition) is 4. The highest BCUT2D eigenvalue weighted by Crippen LogP contribution is 2.32. The number of hydrogen-bond acceptors (Lipinski definition) is 6. The second-order valence-corrected chi connectivity index (χ2v) is 6.25. The Morgan fingerprint density at radius 2 is 1.62 bits per heavy atom. The van der Waals surface area contributed by atoms with E-state index in [4.69, 9.17) is 5.73 Å². The van der Waals surface area contributed by atoms with Gasteiger partial charge in [-0.25, -0.2) is 8.42 Å². The minimum Gasteiger partial charge on any atom is -0.383 e. The topological polar surface area (TPSA) is 109 Å². The van der Waals surface area contributed by atoms with Crippen LogP contribution in [0.25, 0.3) is 10.8 Å². The van der Waals surface area contributed by atoms with E-state index in [0.717, 1.165) is 22.1 Å². The van der Waals surface area contributed by atoms with E-state index in [-0.39, 0.29) is 0 Å². The predicted octanol–water partition coefficient (Wildman–Crippen LogP) is 3.56. The van der Waals surface area contributed by atoms with Gasteiger partial charge in [-0.2, -0.15) is 5.11 Å². The zero-order valence-electron chi connectivity index (χ0n) is 13.9. The van der Waals surface area contributed by atoms with Crippen molar-refractivity contribution in [1.29, 1.82) is 0 Å². The van der Waals surface area contributed by atoms with Gasteiger partial charge >= 0.3 is 0 Å². The van der Waals surface area contributed by atoms with Gasteiger partial charge in [0, 0.05) is 35.2 Å². The Balaban J connectivity index is 1.87. The summed E-state index contributed by atoms with van der Waals surface area (Å²) in [5.74, 6) is 0. The monoisotopic (exact) mass is 369 g/mol. The molecule has 0 heterocycles. The van der Waals surface area contributed by atoms with Crippen LogP contribution in [0.4, 0.5) is 22.7 Å². The zero-order chi connectivity index (χ0) is 18.4. The molecule has 0 saturated heterocycles. The summed E-state index contributed by atoms with van der Waals surface area (Å²) in [5.41, 5.74) is 8.44. The number of anilines is 2. The van der Waals surface area contributed by atoms with Crippen molar-refractivity contribution in [3.05, 3.63) is 60.7 Å². The van der Waals surface area contributed by atoms with E-state index in [1.807, 2.05) is 36.4 Å². The Labute approximate surface area is 153 Å². The van der Waals surface area contributed by atoms with Crippen molar-refractivity contribution < 1.29 is 8.42 Å². The van der Waals surface area contributed by atoms with E-state index in [2.05, 4.69) is 20.3 Å². The molecule has 0 bridgehead atoms. The first-order valence-corrected chi connectivity index (χ1v) is 9.23. The molecule has 134 valence electrons. The minimum absolute atomic E-state index is 0.487. The first-order valence-electron chi connectivity index (χ1n) is 8.06. The molecule has 8 heteroatoms. The summed E-state index contributed by atoms with van der Waals surface area (Å²) in [7, 11) is -2.68. The summed E-state index contributed by atoms with van der Waals surface area (Å²) in [5, 5.41) is 13.9. The smallest absolute Gasteiger partial charge is 0.222 e. The number of rotatable bonds is 7. The maximum absolute atomic E-state index is 10.7. The molecule has 3 aromatic rings. The molecule has 0 atom stereocenters. The lowest BCUT2D eigenvalue weighted by Crippen LogP contribution is -2.13. The SMILES string of the molecule is NCCNc1ccc(N=Nc2ccc(N[SH](=O)=O)cc2)c2ccccc12. The maximum atomic E-state index is 10.7. The second kappa shape index (κ2) is 8.41. The molecular formula is C18H19N5O2S. The molecule has 7 nitrogen and oxygen atoms in total. The fourth-order valence-corrected chi connectivity index (χ4v) is 2.91. The fraction of sp³-hybridized carbons (Fsp3) is 0.111. The Hall–Kier alpha value is -2.97. The lowest BCUT2D eigenvalue weighted by molar-refractivity contribution is 0.619. The van der Waals surface area contributed by atoms with Gasteiger partial charge in [-0.1, -0.05) is 24.3 Å². The predicted molar refractivity (Wildman–Crippen MR) is 106 cm³/mol. The van der Waals surface area contributed by atoms with Crippen molar-refractivity contribution in [2.45, 2.75) is 0 Å². The van der Waals surface area contributed by atoms with Crippen LogP contribution in [-0.4, -0.2) is 21.5 Å². The summed E-state index contributed by atoms with van der Waals surface area (Å²) in [4.78, 5) is 0. The number of azo groups is 1. The molecule has 3 aromatic carbocycles. The van der Waals surface area contributed by atoms with Crippen LogP contribution < -0.4 is 15.8 Å². The molecular weight excluding hydrogens is 350 g/mol. The van der Waals surface area contributed by atoms with Crippen LogP contribution in [0.15, 0.2) is 70.9 Å². The molecule has 0 amide bonds. The number of nitrogens with zero attached hydrogens (tertiary/aromatic N) is 2. The quantitative estimate of drug-likeness (QED) is 0.377. The van der Waals surface area contributed by atoms with Gasteiger partial charge in [0.15, 0.2) is 0 Å². The van der Waals surface area contributed by atoms with Crippen molar-refractivity contribution >= 4 is 44.4 Å². The van der Waals surface area contributed by atoms with Crippen LogP contribution >= 0.6 is 0 Å². The largest absolute Gasteiger partial charge is 0.383 e. The summed E-state index contributed by atoms with van der Waals surface area (Å²) < 4.78 is 23.6. The molecule has 0 saturated carbocycles. The normalized spacial score (nSPS) is 11.3. The number of nitrogens with two attached hydrogens (primary N) is 1. The van der Waals surface area contributed by atoms with Gasteiger partial charge in [0.1, 0.15) is 0 Å². The van der Waals surface area contributed by atoms with Gasteiger partial charge in [0.2, 0.25) is 10.9 Å². The first-order chi connectivity index (χ1) is 12.7. The Morgan fingerprint density at radius 1 is 0.885 bits per heavy atom.